The number of carbonyl (C=O) groups is 1. The summed E-state index contributed by atoms with van der Waals surface area (Å²) < 4.78 is 37.3. The van der Waals surface area contributed by atoms with Gasteiger partial charge in [-0.3, -0.25) is 4.79 Å². The van der Waals surface area contributed by atoms with Crippen molar-refractivity contribution in [2.45, 2.75) is 19.0 Å². The summed E-state index contributed by atoms with van der Waals surface area (Å²) in [7, 11) is 0. The fourth-order valence-electron chi connectivity index (χ4n) is 1.58. The summed E-state index contributed by atoms with van der Waals surface area (Å²) in [6.07, 6.45) is -4.46. The molecule has 0 aliphatic carbocycles. The number of aliphatic carboxylic acids is 1. The average Bonchev–Trinajstić information content (AvgIpc) is 2.87. The second kappa shape index (κ2) is 7.45. The molecule has 114 valence electrons. The molecule has 0 aliphatic rings. The SMILES string of the molecule is CC(C(=O)O)c1ccc(Nc2nc(C(F)(F)F)cs2)cc1.[H-].[Na+]. The third kappa shape index (κ3) is 4.70. The Hall–Kier alpha value is -1.09. The molecule has 0 saturated carbocycles. The van der Waals surface area contributed by atoms with E-state index in [4.69, 9.17) is 5.11 Å². The Morgan fingerprint density at radius 1 is 1.36 bits per heavy atom. The molecule has 1 unspecified atom stereocenters. The number of nitrogens with one attached hydrogen (secondary N) is 1. The van der Waals surface area contributed by atoms with Crippen molar-refractivity contribution in [3.8, 4) is 0 Å². The molecule has 0 saturated heterocycles. The van der Waals surface area contributed by atoms with Gasteiger partial charge in [-0.25, -0.2) is 4.98 Å². The smallest absolute Gasteiger partial charge is 1.00 e. The van der Waals surface area contributed by atoms with Crippen molar-refractivity contribution in [2.75, 3.05) is 5.32 Å². The minimum absolute atomic E-state index is 0. The van der Waals surface area contributed by atoms with Crippen LogP contribution in [-0.4, -0.2) is 16.1 Å². The number of hydrogen-bond donors (Lipinski definition) is 2. The second-order valence-electron chi connectivity index (χ2n) is 4.34. The summed E-state index contributed by atoms with van der Waals surface area (Å²) in [4.78, 5) is 14.3. The quantitative estimate of drug-likeness (QED) is 0.822. The maximum absolute atomic E-state index is 12.4. The zero-order chi connectivity index (χ0) is 15.6. The van der Waals surface area contributed by atoms with E-state index in [0.717, 1.165) is 16.7 Å². The first-order chi connectivity index (χ1) is 9.77. The molecule has 4 nitrogen and oxygen atoms in total. The monoisotopic (exact) mass is 340 g/mol. The van der Waals surface area contributed by atoms with Gasteiger partial charge in [0, 0.05) is 11.1 Å². The molecule has 9 heteroatoms. The van der Waals surface area contributed by atoms with Crippen molar-refractivity contribution < 1.29 is 54.1 Å². The predicted molar refractivity (Wildman–Crippen MR) is 74.0 cm³/mol. The third-order valence-electron chi connectivity index (χ3n) is 2.83. The summed E-state index contributed by atoms with van der Waals surface area (Å²) >= 11 is 0.850. The maximum atomic E-state index is 12.4. The topological polar surface area (TPSA) is 62.2 Å². The van der Waals surface area contributed by atoms with Crippen molar-refractivity contribution >= 4 is 28.1 Å². The zero-order valence-electron chi connectivity index (χ0n) is 12.8. The molecule has 1 heterocycles. The van der Waals surface area contributed by atoms with Crippen LogP contribution in [0, 0.1) is 0 Å². The number of thiazole rings is 1. The molecule has 0 fully saturated rings. The Morgan fingerprint density at radius 3 is 2.41 bits per heavy atom. The second-order valence-corrected chi connectivity index (χ2v) is 5.20. The molecular weight excluding hydrogens is 328 g/mol. The molecule has 1 atom stereocenters. The summed E-state index contributed by atoms with van der Waals surface area (Å²) in [6.45, 7) is 1.56. The molecule has 0 amide bonds. The Morgan fingerprint density at radius 2 is 1.95 bits per heavy atom. The molecule has 2 rings (SSSR count). The van der Waals surface area contributed by atoms with Crippen LogP contribution in [0.25, 0.3) is 0 Å². The number of benzene rings is 1. The number of halogens is 3. The summed E-state index contributed by atoms with van der Waals surface area (Å²) in [5.74, 6) is -1.58. The zero-order valence-corrected chi connectivity index (χ0v) is 14.6. The molecule has 2 N–H and O–H groups in total. The van der Waals surface area contributed by atoms with Gasteiger partial charge < -0.3 is 11.8 Å². The van der Waals surface area contributed by atoms with Gasteiger partial charge in [0.15, 0.2) is 10.8 Å². The van der Waals surface area contributed by atoms with Gasteiger partial charge in [-0.15, -0.1) is 11.3 Å². The molecule has 22 heavy (non-hydrogen) atoms. The van der Waals surface area contributed by atoms with Crippen molar-refractivity contribution in [3.05, 3.63) is 40.9 Å². The number of carboxylic acids is 1. The predicted octanol–water partition coefficient (Wildman–Crippen LogP) is 1.21. The molecular formula is C13H12F3N2NaO2S. The van der Waals surface area contributed by atoms with Crippen LogP contribution >= 0.6 is 11.3 Å². The Balaban J connectivity index is 0.00000242. The average molecular weight is 340 g/mol. The van der Waals surface area contributed by atoms with Crippen molar-refractivity contribution in [3.63, 3.8) is 0 Å². The summed E-state index contributed by atoms with van der Waals surface area (Å²) in [6, 6.07) is 6.42. The van der Waals surface area contributed by atoms with E-state index >= 15 is 0 Å². The Kier molecular flexibility index (Phi) is 6.42. The molecule has 0 radical (unpaired) electrons. The van der Waals surface area contributed by atoms with E-state index in [9.17, 15) is 18.0 Å². The van der Waals surface area contributed by atoms with Crippen LogP contribution in [0.5, 0.6) is 0 Å². The van der Waals surface area contributed by atoms with Gasteiger partial charge in [-0.1, -0.05) is 12.1 Å². The molecule has 0 aliphatic heterocycles. The number of carboxylic acid groups (broad SMARTS) is 1. The van der Waals surface area contributed by atoms with Crippen molar-refractivity contribution in [2.24, 2.45) is 0 Å². The number of alkyl halides is 3. The van der Waals surface area contributed by atoms with Gasteiger partial charge >= 0.3 is 41.7 Å². The van der Waals surface area contributed by atoms with E-state index in [-0.39, 0.29) is 36.1 Å². The molecule has 0 bridgehead atoms. The van der Waals surface area contributed by atoms with E-state index < -0.39 is 23.8 Å². The van der Waals surface area contributed by atoms with Gasteiger partial charge in [0.05, 0.1) is 5.92 Å². The largest absolute Gasteiger partial charge is 1.00 e. The van der Waals surface area contributed by atoms with Gasteiger partial charge in [0.2, 0.25) is 0 Å². The first kappa shape index (κ1) is 19.0. The minimum Gasteiger partial charge on any atom is -1.00 e. The van der Waals surface area contributed by atoms with E-state index in [1.807, 2.05) is 0 Å². The fraction of sp³-hybridized carbons (Fsp3) is 0.231. The number of nitrogens with zero attached hydrogens (tertiary/aromatic N) is 1. The molecule has 2 aromatic rings. The van der Waals surface area contributed by atoms with Gasteiger partial charge in [-0.05, 0) is 24.6 Å². The van der Waals surface area contributed by atoms with Crippen LogP contribution < -0.4 is 34.9 Å². The van der Waals surface area contributed by atoms with Gasteiger partial charge in [-0.2, -0.15) is 13.2 Å². The van der Waals surface area contributed by atoms with Crippen LogP contribution in [0.3, 0.4) is 0 Å². The maximum Gasteiger partial charge on any atom is 1.00 e. The standard InChI is InChI=1S/C13H11F3N2O2S.Na.H/c1-7(11(19)20)8-2-4-9(5-3-8)17-12-18-10(6-21-12)13(14,15)16;;/h2-7H,1H3,(H,17,18)(H,19,20);;/q;+1;-1. The van der Waals surface area contributed by atoms with Gasteiger partial charge in [0.1, 0.15) is 0 Å². The molecule has 1 aromatic heterocycles. The number of hydrogen-bond acceptors (Lipinski definition) is 4. The first-order valence-electron chi connectivity index (χ1n) is 5.90. The fourth-order valence-corrected chi connectivity index (χ4v) is 2.32. The number of anilines is 2. The molecule has 0 spiro atoms. The van der Waals surface area contributed by atoms with Crippen LogP contribution in [0.1, 0.15) is 25.5 Å². The summed E-state index contributed by atoms with van der Waals surface area (Å²) in [5.41, 5.74) is 0.216. The van der Waals surface area contributed by atoms with Crippen LogP contribution in [-0.2, 0) is 11.0 Å². The Labute approximate surface area is 152 Å². The minimum atomic E-state index is -4.46. The Bertz CT molecular complexity index is 649. The van der Waals surface area contributed by atoms with E-state index in [2.05, 4.69) is 10.3 Å². The van der Waals surface area contributed by atoms with Gasteiger partial charge in [0.25, 0.3) is 0 Å². The van der Waals surface area contributed by atoms with E-state index in [0.29, 0.717) is 11.3 Å². The first-order valence-corrected chi connectivity index (χ1v) is 6.78. The van der Waals surface area contributed by atoms with Crippen LogP contribution in [0.2, 0.25) is 0 Å². The van der Waals surface area contributed by atoms with Crippen LogP contribution in [0.4, 0.5) is 24.0 Å². The van der Waals surface area contributed by atoms with Crippen molar-refractivity contribution in [1.82, 2.24) is 4.98 Å². The van der Waals surface area contributed by atoms with Crippen molar-refractivity contribution in [1.29, 1.82) is 0 Å². The van der Waals surface area contributed by atoms with Crippen LogP contribution in [0.15, 0.2) is 29.6 Å². The number of rotatable bonds is 4. The number of aromatic nitrogens is 1. The van der Waals surface area contributed by atoms with E-state index in [1.54, 1.807) is 31.2 Å². The third-order valence-corrected chi connectivity index (χ3v) is 3.58. The normalized spacial score (nSPS) is 12.4. The summed E-state index contributed by atoms with van der Waals surface area (Å²) in [5, 5.41) is 12.7. The van der Waals surface area contributed by atoms with E-state index in [1.165, 1.54) is 0 Å². The molecule has 1 aromatic carbocycles.